The Kier molecular flexibility index (Phi) is 5.71. The predicted molar refractivity (Wildman–Crippen MR) is 95.5 cm³/mol. The number of hydrogen-bond acceptors (Lipinski definition) is 5. The van der Waals surface area contributed by atoms with E-state index in [1.807, 2.05) is 6.07 Å². The standard InChI is InChI=1S/C18H24N2O4.ClH/c21-17(13-3-6-19-10-13)20-11-18(4-7-22-8-5-18)14-1-2-15-16(9-14)24-12-23-15;/h1-2,9,13,19H,3-8,10-12H2,(H,20,21);1H. The normalized spacial score (nSPS) is 23.8. The Morgan fingerprint density at radius 3 is 2.80 bits per heavy atom. The third-order valence-corrected chi connectivity index (χ3v) is 5.47. The van der Waals surface area contributed by atoms with Gasteiger partial charge in [-0.05, 0) is 43.5 Å². The Balaban J connectivity index is 0.00000182. The highest BCUT2D eigenvalue weighted by atomic mass is 35.5. The van der Waals surface area contributed by atoms with Gasteiger partial charge in [0.25, 0.3) is 0 Å². The molecule has 6 nitrogen and oxygen atoms in total. The Morgan fingerprint density at radius 2 is 2.04 bits per heavy atom. The molecule has 1 aromatic carbocycles. The lowest BCUT2D eigenvalue weighted by molar-refractivity contribution is -0.124. The van der Waals surface area contributed by atoms with Crippen LogP contribution in [0.3, 0.4) is 0 Å². The van der Waals surface area contributed by atoms with E-state index in [-0.39, 0.29) is 36.4 Å². The molecule has 1 aromatic rings. The fraction of sp³-hybridized carbons (Fsp3) is 0.611. The number of hydrogen-bond donors (Lipinski definition) is 2. The first-order valence-corrected chi connectivity index (χ1v) is 8.73. The number of carbonyl (C=O) groups is 1. The molecule has 1 unspecified atom stereocenters. The van der Waals surface area contributed by atoms with E-state index in [9.17, 15) is 4.79 Å². The lowest BCUT2D eigenvalue weighted by atomic mass is 9.74. The van der Waals surface area contributed by atoms with Gasteiger partial charge >= 0.3 is 0 Å². The molecule has 3 aliphatic heterocycles. The molecule has 1 amide bonds. The van der Waals surface area contributed by atoms with Crippen molar-refractivity contribution in [2.24, 2.45) is 5.92 Å². The topological polar surface area (TPSA) is 68.8 Å². The minimum Gasteiger partial charge on any atom is -0.454 e. The lowest BCUT2D eigenvalue weighted by Gasteiger charge is -2.38. The van der Waals surface area contributed by atoms with Gasteiger partial charge in [0.15, 0.2) is 11.5 Å². The first kappa shape index (κ1) is 18.3. The predicted octanol–water partition coefficient (Wildman–Crippen LogP) is 1.61. The minimum absolute atomic E-state index is 0. The molecular formula is C18H25ClN2O4. The first-order chi connectivity index (χ1) is 11.8. The van der Waals surface area contributed by atoms with Gasteiger partial charge in [-0.1, -0.05) is 6.07 Å². The number of amides is 1. The van der Waals surface area contributed by atoms with E-state index in [2.05, 4.69) is 22.8 Å². The van der Waals surface area contributed by atoms with Crippen LogP contribution in [0, 0.1) is 5.92 Å². The van der Waals surface area contributed by atoms with Crippen LogP contribution in [0.15, 0.2) is 18.2 Å². The maximum atomic E-state index is 12.4. The van der Waals surface area contributed by atoms with Crippen LogP contribution in [0.4, 0.5) is 0 Å². The molecule has 2 fully saturated rings. The third kappa shape index (κ3) is 3.71. The largest absolute Gasteiger partial charge is 0.454 e. The quantitative estimate of drug-likeness (QED) is 0.845. The molecule has 0 saturated carbocycles. The fourth-order valence-corrected chi connectivity index (χ4v) is 3.84. The summed E-state index contributed by atoms with van der Waals surface area (Å²) in [6, 6.07) is 6.14. The number of benzene rings is 1. The van der Waals surface area contributed by atoms with Crippen LogP contribution < -0.4 is 20.1 Å². The van der Waals surface area contributed by atoms with Crippen molar-refractivity contribution in [3.63, 3.8) is 0 Å². The fourth-order valence-electron chi connectivity index (χ4n) is 3.84. The molecule has 3 aliphatic rings. The summed E-state index contributed by atoms with van der Waals surface area (Å²) < 4.78 is 16.5. The monoisotopic (exact) mass is 368 g/mol. The van der Waals surface area contributed by atoms with Gasteiger partial charge in [-0.25, -0.2) is 0 Å². The summed E-state index contributed by atoms with van der Waals surface area (Å²) in [4.78, 5) is 12.4. The summed E-state index contributed by atoms with van der Waals surface area (Å²) in [5, 5.41) is 6.44. The van der Waals surface area contributed by atoms with Gasteiger partial charge in [-0.15, -0.1) is 12.4 Å². The smallest absolute Gasteiger partial charge is 0.231 e. The molecule has 138 valence electrons. The van der Waals surface area contributed by atoms with Crippen LogP contribution >= 0.6 is 12.4 Å². The van der Waals surface area contributed by atoms with Crippen LogP contribution in [0.25, 0.3) is 0 Å². The van der Waals surface area contributed by atoms with Crippen LogP contribution in [0.1, 0.15) is 24.8 Å². The van der Waals surface area contributed by atoms with Crippen molar-refractivity contribution in [1.82, 2.24) is 10.6 Å². The van der Waals surface area contributed by atoms with E-state index >= 15 is 0 Å². The number of rotatable bonds is 4. The van der Waals surface area contributed by atoms with Gasteiger partial charge in [0.2, 0.25) is 12.7 Å². The molecule has 2 saturated heterocycles. The molecule has 0 aliphatic carbocycles. The molecule has 1 atom stereocenters. The molecule has 0 spiro atoms. The third-order valence-electron chi connectivity index (χ3n) is 5.47. The second-order valence-corrected chi connectivity index (χ2v) is 6.87. The van der Waals surface area contributed by atoms with Crippen LogP contribution in [-0.2, 0) is 14.9 Å². The molecule has 7 heteroatoms. The van der Waals surface area contributed by atoms with E-state index in [0.717, 1.165) is 57.1 Å². The van der Waals surface area contributed by atoms with Gasteiger partial charge in [0.1, 0.15) is 0 Å². The van der Waals surface area contributed by atoms with Crippen molar-refractivity contribution in [3.8, 4) is 11.5 Å². The van der Waals surface area contributed by atoms with E-state index in [0.29, 0.717) is 6.54 Å². The van der Waals surface area contributed by atoms with Crippen molar-refractivity contribution in [1.29, 1.82) is 0 Å². The average Bonchev–Trinajstić information content (AvgIpc) is 3.31. The molecule has 0 bridgehead atoms. The summed E-state index contributed by atoms with van der Waals surface area (Å²) in [5.74, 6) is 1.84. The summed E-state index contributed by atoms with van der Waals surface area (Å²) in [7, 11) is 0. The van der Waals surface area contributed by atoms with E-state index in [4.69, 9.17) is 14.2 Å². The lowest BCUT2D eigenvalue weighted by Crippen LogP contribution is -2.46. The number of carbonyl (C=O) groups excluding carboxylic acids is 1. The average molecular weight is 369 g/mol. The van der Waals surface area contributed by atoms with Crippen molar-refractivity contribution >= 4 is 18.3 Å². The number of fused-ring (bicyclic) bond motifs is 1. The summed E-state index contributed by atoms with van der Waals surface area (Å²) in [6.07, 6.45) is 2.72. The van der Waals surface area contributed by atoms with E-state index in [1.54, 1.807) is 0 Å². The summed E-state index contributed by atoms with van der Waals surface area (Å²) in [5.41, 5.74) is 1.10. The van der Waals surface area contributed by atoms with Crippen LogP contribution in [0.5, 0.6) is 11.5 Å². The van der Waals surface area contributed by atoms with Gasteiger partial charge in [0.05, 0.1) is 5.92 Å². The number of halogens is 1. The maximum Gasteiger partial charge on any atom is 0.231 e. The Hall–Kier alpha value is -1.50. The molecule has 0 radical (unpaired) electrons. The molecule has 4 rings (SSSR count). The van der Waals surface area contributed by atoms with Gasteiger partial charge in [0, 0.05) is 31.7 Å². The van der Waals surface area contributed by atoms with Crippen LogP contribution in [0.2, 0.25) is 0 Å². The Labute approximate surface area is 154 Å². The maximum absolute atomic E-state index is 12.4. The van der Waals surface area contributed by atoms with Crippen molar-refractivity contribution < 1.29 is 19.0 Å². The second kappa shape index (κ2) is 7.81. The highest BCUT2D eigenvalue weighted by molar-refractivity contribution is 5.85. The molecular weight excluding hydrogens is 344 g/mol. The first-order valence-electron chi connectivity index (χ1n) is 8.73. The highest BCUT2D eigenvalue weighted by Gasteiger charge is 2.36. The molecule has 3 heterocycles. The zero-order chi connectivity index (χ0) is 16.4. The van der Waals surface area contributed by atoms with Crippen LogP contribution in [-0.4, -0.2) is 45.5 Å². The zero-order valence-corrected chi connectivity index (χ0v) is 15.0. The molecule has 0 aromatic heterocycles. The summed E-state index contributed by atoms with van der Waals surface area (Å²) in [6.45, 7) is 4.07. The number of nitrogens with one attached hydrogen (secondary N) is 2. The SMILES string of the molecule is Cl.O=C(NCC1(c2ccc3c(c2)OCO3)CCOCC1)C1CCNC1. The van der Waals surface area contributed by atoms with Crippen molar-refractivity contribution in [3.05, 3.63) is 23.8 Å². The second-order valence-electron chi connectivity index (χ2n) is 6.87. The van der Waals surface area contributed by atoms with Gasteiger partial charge in [-0.2, -0.15) is 0 Å². The van der Waals surface area contributed by atoms with E-state index in [1.165, 1.54) is 5.56 Å². The number of ether oxygens (including phenoxy) is 3. The van der Waals surface area contributed by atoms with Gasteiger partial charge in [-0.3, -0.25) is 4.79 Å². The van der Waals surface area contributed by atoms with Crippen molar-refractivity contribution in [2.75, 3.05) is 39.6 Å². The minimum atomic E-state index is -0.0963. The Bertz CT molecular complexity index is 613. The summed E-state index contributed by atoms with van der Waals surface area (Å²) >= 11 is 0. The Morgan fingerprint density at radius 1 is 1.24 bits per heavy atom. The molecule has 2 N–H and O–H groups in total. The zero-order valence-electron chi connectivity index (χ0n) is 14.2. The highest BCUT2D eigenvalue weighted by Crippen LogP contribution is 2.40. The van der Waals surface area contributed by atoms with Gasteiger partial charge < -0.3 is 24.8 Å². The van der Waals surface area contributed by atoms with E-state index < -0.39 is 0 Å². The van der Waals surface area contributed by atoms with Crippen molar-refractivity contribution in [2.45, 2.75) is 24.7 Å². The molecule has 25 heavy (non-hydrogen) atoms.